The number of aryl methyl sites for hydroxylation is 1. The van der Waals surface area contributed by atoms with Crippen LogP contribution in [0.2, 0.25) is 0 Å². The Kier molecular flexibility index (Phi) is 3.77. The summed E-state index contributed by atoms with van der Waals surface area (Å²) in [5.41, 5.74) is 1.77. The van der Waals surface area contributed by atoms with Gasteiger partial charge in [-0.3, -0.25) is 4.79 Å². The first-order valence-corrected chi connectivity index (χ1v) is 4.68. The zero-order chi connectivity index (χ0) is 9.68. The number of carbonyl (C=O) groups is 1. The van der Waals surface area contributed by atoms with Crippen LogP contribution in [-0.2, 0) is 0 Å². The molecule has 2 nitrogen and oxygen atoms in total. The fourth-order valence-electron chi connectivity index (χ4n) is 1.05. The topological polar surface area (TPSA) is 29.1 Å². The molecule has 0 saturated heterocycles. The van der Waals surface area contributed by atoms with E-state index in [0.29, 0.717) is 18.0 Å². The molecule has 1 rings (SSSR count). The lowest BCUT2D eigenvalue weighted by Crippen LogP contribution is -2.25. The van der Waals surface area contributed by atoms with Gasteiger partial charge in [-0.2, -0.15) is 0 Å². The third kappa shape index (κ3) is 3.07. The summed E-state index contributed by atoms with van der Waals surface area (Å²) in [6.45, 7) is 2.46. The molecule has 1 amide bonds. The Morgan fingerprint density at radius 3 is 2.92 bits per heavy atom. The second-order valence-corrected chi connectivity index (χ2v) is 3.19. The minimum Gasteiger partial charge on any atom is -0.351 e. The van der Waals surface area contributed by atoms with E-state index in [9.17, 15) is 4.79 Å². The van der Waals surface area contributed by atoms with Crippen LogP contribution in [0.3, 0.4) is 0 Å². The van der Waals surface area contributed by atoms with Crippen molar-refractivity contribution in [3.63, 3.8) is 0 Å². The molecule has 0 radical (unpaired) electrons. The molecule has 1 aromatic carbocycles. The second-order valence-electron chi connectivity index (χ2n) is 2.81. The highest BCUT2D eigenvalue weighted by atomic mass is 35.5. The molecule has 0 aliphatic rings. The van der Waals surface area contributed by atoms with Gasteiger partial charge in [0.05, 0.1) is 0 Å². The lowest BCUT2D eigenvalue weighted by Gasteiger charge is -2.02. The van der Waals surface area contributed by atoms with Gasteiger partial charge < -0.3 is 5.32 Å². The van der Waals surface area contributed by atoms with E-state index in [1.165, 1.54) is 0 Å². The molecule has 0 saturated carbocycles. The second kappa shape index (κ2) is 4.87. The van der Waals surface area contributed by atoms with Gasteiger partial charge in [0.1, 0.15) is 0 Å². The molecule has 0 atom stereocenters. The van der Waals surface area contributed by atoms with E-state index in [2.05, 4.69) is 5.32 Å². The monoisotopic (exact) mass is 197 g/mol. The van der Waals surface area contributed by atoms with Crippen molar-refractivity contribution in [3.05, 3.63) is 35.4 Å². The van der Waals surface area contributed by atoms with Crippen LogP contribution in [0.4, 0.5) is 0 Å². The first-order valence-electron chi connectivity index (χ1n) is 4.15. The van der Waals surface area contributed by atoms with Crippen LogP contribution in [0, 0.1) is 6.92 Å². The zero-order valence-electron chi connectivity index (χ0n) is 7.51. The number of rotatable bonds is 3. The van der Waals surface area contributed by atoms with Crippen molar-refractivity contribution in [2.75, 3.05) is 12.4 Å². The number of hydrogen-bond acceptors (Lipinski definition) is 1. The number of carbonyl (C=O) groups excluding carboxylic acids is 1. The standard InChI is InChI=1S/C10H12ClNO/c1-8-3-2-4-9(7-8)10(13)12-6-5-11/h2-4,7H,5-6H2,1H3,(H,12,13). The predicted octanol–water partition coefficient (Wildman–Crippen LogP) is 1.96. The van der Waals surface area contributed by atoms with Crippen molar-refractivity contribution in [3.8, 4) is 0 Å². The van der Waals surface area contributed by atoms with E-state index < -0.39 is 0 Å². The molecule has 1 aromatic rings. The minimum atomic E-state index is -0.0654. The molecule has 13 heavy (non-hydrogen) atoms. The molecule has 0 heterocycles. The minimum absolute atomic E-state index is 0.0654. The molecule has 0 bridgehead atoms. The summed E-state index contributed by atoms with van der Waals surface area (Å²) in [4.78, 5) is 11.4. The molecule has 0 aromatic heterocycles. The van der Waals surface area contributed by atoms with Gasteiger partial charge in [-0.15, -0.1) is 11.6 Å². The Labute approximate surface area is 82.9 Å². The normalized spacial score (nSPS) is 9.69. The van der Waals surface area contributed by atoms with Crippen molar-refractivity contribution in [1.82, 2.24) is 5.32 Å². The van der Waals surface area contributed by atoms with Crippen LogP contribution >= 0.6 is 11.6 Å². The first-order chi connectivity index (χ1) is 6.24. The molecular weight excluding hydrogens is 186 g/mol. The number of alkyl halides is 1. The average molecular weight is 198 g/mol. The maximum absolute atomic E-state index is 11.4. The first kappa shape index (κ1) is 10.1. The summed E-state index contributed by atoms with van der Waals surface area (Å²) in [7, 11) is 0. The maximum atomic E-state index is 11.4. The Hall–Kier alpha value is -1.02. The fourth-order valence-corrected chi connectivity index (χ4v) is 1.14. The van der Waals surface area contributed by atoms with E-state index in [1.54, 1.807) is 6.07 Å². The van der Waals surface area contributed by atoms with Crippen LogP contribution in [0.1, 0.15) is 15.9 Å². The Balaban J connectivity index is 2.66. The third-order valence-corrected chi connectivity index (χ3v) is 1.85. The van der Waals surface area contributed by atoms with Crippen molar-refractivity contribution >= 4 is 17.5 Å². The average Bonchev–Trinajstić information content (AvgIpc) is 2.14. The Morgan fingerprint density at radius 1 is 1.54 bits per heavy atom. The molecule has 0 spiro atoms. The Morgan fingerprint density at radius 2 is 2.31 bits per heavy atom. The highest BCUT2D eigenvalue weighted by molar-refractivity contribution is 6.18. The van der Waals surface area contributed by atoms with E-state index in [0.717, 1.165) is 5.56 Å². The molecule has 0 aliphatic carbocycles. The molecule has 0 unspecified atom stereocenters. The summed E-state index contributed by atoms with van der Waals surface area (Å²) in [5.74, 6) is 0.377. The number of amides is 1. The van der Waals surface area contributed by atoms with E-state index in [-0.39, 0.29) is 5.91 Å². The molecule has 1 N–H and O–H groups in total. The van der Waals surface area contributed by atoms with Gasteiger partial charge in [0.15, 0.2) is 0 Å². The van der Waals surface area contributed by atoms with Crippen LogP contribution in [0.25, 0.3) is 0 Å². The summed E-state index contributed by atoms with van der Waals surface area (Å²) in [6.07, 6.45) is 0. The lowest BCUT2D eigenvalue weighted by atomic mass is 10.1. The summed E-state index contributed by atoms with van der Waals surface area (Å²) in [5, 5.41) is 2.70. The third-order valence-electron chi connectivity index (χ3n) is 1.66. The van der Waals surface area contributed by atoms with Gasteiger partial charge in [0.25, 0.3) is 5.91 Å². The molecule has 70 valence electrons. The van der Waals surface area contributed by atoms with Crippen molar-refractivity contribution in [2.45, 2.75) is 6.92 Å². The number of hydrogen-bond donors (Lipinski definition) is 1. The van der Waals surface area contributed by atoms with Crippen molar-refractivity contribution in [1.29, 1.82) is 0 Å². The smallest absolute Gasteiger partial charge is 0.251 e. The number of nitrogens with one attached hydrogen (secondary N) is 1. The highest BCUT2D eigenvalue weighted by Crippen LogP contribution is 2.03. The van der Waals surface area contributed by atoms with Crippen LogP contribution < -0.4 is 5.32 Å². The van der Waals surface area contributed by atoms with Crippen LogP contribution in [0.15, 0.2) is 24.3 Å². The number of benzene rings is 1. The predicted molar refractivity (Wildman–Crippen MR) is 54.2 cm³/mol. The quantitative estimate of drug-likeness (QED) is 0.738. The number of halogens is 1. The summed E-state index contributed by atoms with van der Waals surface area (Å²) >= 11 is 5.45. The van der Waals surface area contributed by atoms with Crippen molar-refractivity contribution < 1.29 is 4.79 Å². The maximum Gasteiger partial charge on any atom is 0.251 e. The lowest BCUT2D eigenvalue weighted by molar-refractivity contribution is 0.0956. The summed E-state index contributed by atoms with van der Waals surface area (Å²) in [6, 6.07) is 7.46. The van der Waals surface area contributed by atoms with Gasteiger partial charge in [-0.25, -0.2) is 0 Å². The fraction of sp³-hybridized carbons (Fsp3) is 0.300. The Bertz CT molecular complexity index is 299. The van der Waals surface area contributed by atoms with E-state index in [4.69, 9.17) is 11.6 Å². The van der Waals surface area contributed by atoms with Crippen LogP contribution in [-0.4, -0.2) is 18.3 Å². The zero-order valence-corrected chi connectivity index (χ0v) is 8.27. The van der Waals surface area contributed by atoms with E-state index in [1.807, 2.05) is 25.1 Å². The van der Waals surface area contributed by atoms with Crippen molar-refractivity contribution in [2.24, 2.45) is 0 Å². The largest absolute Gasteiger partial charge is 0.351 e. The van der Waals surface area contributed by atoms with Crippen LogP contribution in [0.5, 0.6) is 0 Å². The van der Waals surface area contributed by atoms with Gasteiger partial charge in [0.2, 0.25) is 0 Å². The molecule has 3 heteroatoms. The van der Waals surface area contributed by atoms with Gasteiger partial charge in [-0.1, -0.05) is 17.7 Å². The van der Waals surface area contributed by atoms with Gasteiger partial charge >= 0.3 is 0 Å². The highest BCUT2D eigenvalue weighted by Gasteiger charge is 2.02. The van der Waals surface area contributed by atoms with E-state index >= 15 is 0 Å². The van der Waals surface area contributed by atoms with Gasteiger partial charge in [0, 0.05) is 18.0 Å². The molecular formula is C10H12ClNO. The SMILES string of the molecule is Cc1cccc(C(=O)NCCCl)c1. The summed E-state index contributed by atoms with van der Waals surface area (Å²) < 4.78 is 0. The van der Waals surface area contributed by atoms with Gasteiger partial charge in [-0.05, 0) is 19.1 Å². The molecule has 0 aliphatic heterocycles. The molecule has 0 fully saturated rings.